The fourth-order valence-electron chi connectivity index (χ4n) is 2.49. The van der Waals surface area contributed by atoms with E-state index in [0.29, 0.717) is 12.5 Å². The first-order valence-electron chi connectivity index (χ1n) is 8.97. The number of hydrogen-bond donors (Lipinski definition) is 2. The SMILES string of the molecule is C=C(C)CNC(=NCC(=O)N(C)C)NCCCN1CCC(C)CC1. The molecule has 6 nitrogen and oxygen atoms in total. The van der Waals surface area contributed by atoms with Crippen LogP contribution in [0.3, 0.4) is 0 Å². The lowest BCUT2D eigenvalue weighted by Crippen LogP contribution is -2.41. The van der Waals surface area contributed by atoms with Gasteiger partial charge in [0.15, 0.2) is 5.96 Å². The van der Waals surface area contributed by atoms with E-state index in [1.807, 2.05) is 6.92 Å². The minimum atomic E-state index is -0.00568. The molecule has 0 atom stereocenters. The molecule has 1 saturated heterocycles. The molecule has 0 saturated carbocycles. The molecule has 0 aliphatic carbocycles. The molecule has 0 radical (unpaired) electrons. The summed E-state index contributed by atoms with van der Waals surface area (Å²) in [7, 11) is 3.48. The lowest BCUT2D eigenvalue weighted by molar-refractivity contribution is -0.127. The third-order valence-electron chi connectivity index (χ3n) is 4.25. The summed E-state index contributed by atoms with van der Waals surface area (Å²) in [6, 6.07) is 0. The van der Waals surface area contributed by atoms with Crippen molar-refractivity contribution in [3.63, 3.8) is 0 Å². The average molecular weight is 338 g/mol. The Morgan fingerprint density at radius 1 is 1.29 bits per heavy atom. The van der Waals surface area contributed by atoms with E-state index in [9.17, 15) is 4.79 Å². The van der Waals surface area contributed by atoms with Crippen LogP contribution in [0.4, 0.5) is 0 Å². The van der Waals surface area contributed by atoms with E-state index in [1.54, 1.807) is 19.0 Å². The number of likely N-dealkylation sites (N-methyl/N-ethyl adjacent to an activating group) is 1. The average Bonchev–Trinajstić information content (AvgIpc) is 2.54. The Bertz CT molecular complexity index is 425. The number of likely N-dealkylation sites (tertiary alicyclic amines) is 1. The molecule has 0 aromatic rings. The maximum Gasteiger partial charge on any atom is 0.243 e. The van der Waals surface area contributed by atoms with Crippen LogP contribution in [0.1, 0.15) is 33.1 Å². The van der Waals surface area contributed by atoms with Crippen LogP contribution in [-0.4, -0.2) is 75.0 Å². The Kier molecular flexibility index (Phi) is 9.45. The molecule has 138 valence electrons. The van der Waals surface area contributed by atoms with Crippen molar-refractivity contribution in [2.45, 2.75) is 33.1 Å². The third kappa shape index (κ3) is 8.91. The van der Waals surface area contributed by atoms with Crippen molar-refractivity contribution in [1.82, 2.24) is 20.4 Å². The standard InChI is InChI=1S/C18H35N5O/c1-15(2)13-20-18(21-14-17(24)22(4)5)19-9-6-10-23-11-7-16(3)8-12-23/h16H,1,6-14H2,2-5H3,(H2,19,20,21). The van der Waals surface area contributed by atoms with Crippen molar-refractivity contribution in [3.8, 4) is 0 Å². The Morgan fingerprint density at radius 2 is 1.96 bits per heavy atom. The van der Waals surface area contributed by atoms with E-state index in [4.69, 9.17) is 0 Å². The van der Waals surface area contributed by atoms with Gasteiger partial charge in [-0.25, -0.2) is 4.99 Å². The summed E-state index contributed by atoms with van der Waals surface area (Å²) >= 11 is 0. The summed E-state index contributed by atoms with van der Waals surface area (Å²) < 4.78 is 0. The minimum Gasteiger partial charge on any atom is -0.356 e. The molecule has 24 heavy (non-hydrogen) atoms. The number of nitrogens with zero attached hydrogens (tertiary/aromatic N) is 3. The molecule has 0 bridgehead atoms. The van der Waals surface area contributed by atoms with Crippen molar-refractivity contribution < 1.29 is 4.79 Å². The van der Waals surface area contributed by atoms with Gasteiger partial charge in [-0.2, -0.15) is 0 Å². The molecule has 2 N–H and O–H groups in total. The monoisotopic (exact) mass is 337 g/mol. The second kappa shape index (κ2) is 11.1. The number of rotatable bonds is 8. The number of guanidine groups is 1. The molecule has 6 heteroatoms. The van der Waals surface area contributed by atoms with Gasteiger partial charge in [-0.1, -0.05) is 19.1 Å². The Balaban J connectivity index is 2.33. The van der Waals surface area contributed by atoms with Crippen LogP contribution in [0.5, 0.6) is 0 Å². The predicted octanol–water partition coefficient (Wildman–Crippen LogP) is 1.31. The van der Waals surface area contributed by atoms with E-state index < -0.39 is 0 Å². The summed E-state index contributed by atoms with van der Waals surface area (Å²) in [6.45, 7) is 13.4. The van der Waals surface area contributed by atoms with Crippen LogP contribution in [0.15, 0.2) is 17.1 Å². The summed E-state index contributed by atoms with van der Waals surface area (Å²) in [5.74, 6) is 1.55. The highest BCUT2D eigenvalue weighted by molar-refractivity contribution is 5.84. The number of carbonyl (C=O) groups is 1. The maximum absolute atomic E-state index is 11.7. The summed E-state index contributed by atoms with van der Waals surface area (Å²) in [5, 5.41) is 6.53. The minimum absolute atomic E-state index is 0.00568. The van der Waals surface area contributed by atoms with Crippen LogP contribution >= 0.6 is 0 Å². The van der Waals surface area contributed by atoms with Gasteiger partial charge in [0.05, 0.1) is 0 Å². The van der Waals surface area contributed by atoms with Gasteiger partial charge in [0.25, 0.3) is 0 Å². The summed E-state index contributed by atoms with van der Waals surface area (Å²) in [5.41, 5.74) is 1.03. The fraction of sp³-hybridized carbons (Fsp3) is 0.778. The first-order chi connectivity index (χ1) is 11.4. The van der Waals surface area contributed by atoms with Crippen molar-refractivity contribution in [2.24, 2.45) is 10.9 Å². The van der Waals surface area contributed by atoms with Gasteiger partial charge < -0.3 is 20.4 Å². The van der Waals surface area contributed by atoms with Gasteiger partial charge >= 0.3 is 0 Å². The topological polar surface area (TPSA) is 60.0 Å². The number of carbonyl (C=O) groups excluding carboxylic acids is 1. The van der Waals surface area contributed by atoms with E-state index in [1.165, 1.54) is 25.9 Å². The molecular weight excluding hydrogens is 302 g/mol. The molecule has 0 spiro atoms. The molecular formula is C18H35N5O. The van der Waals surface area contributed by atoms with Crippen LogP contribution in [0, 0.1) is 5.92 Å². The van der Waals surface area contributed by atoms with Gasteiger partial charge in [-0.15, -0.1) is 0 Å². The van der Waals surface area contributed by atoms with Crippen molar-refractivity contribution in [3.05, 3.63) is 12.2 Å². The molecule has 0 aromatic carbocycles. The van der Waals surface area contributed by atoms with Crippen molar-refractivity contribution >= 4 is 11.9 Å². The molecule has 1 aliphatic heterocycles. The normalized spacial score (nSPS) is 16.8. The van der Waals surface area contributed by atoms with Crippen LogP contribution in [0.2, 0.25) is 0 Å². The molecule has 1 rings (SSSR count). The predicted molar refractivity (Wildman–Crippen MR) is 101 cm³/mol. The Morgan fingerprint density at radius 3 is 2.54 bits per heavy atom. The largest absolute Gasteiger partial charge is 0.356 e. The molecule has 1 heterocycles. The van der Waals surface area contributed by atoms with Gasteiger partial charge in [0, 0.05) is 27.2 Å². The first kappa shape index (κ1) is 20.5. The summed E-state index contributed by atoms with van der Waals surface area (Å²) in [4.78, 5) is 20.1. The van der Waals surface area contributed by atoms with Crippen molar-refractivity contribution in [1.29, 1.82) is 0 Å². The van der Waals surface area contributed by atoms with Crippen LogP contribution in [-0.2, 0) is 4.79 Å². The second-order valence-corrected chi connectivity index (χ2v) is 7.07. The van der Waals surface area contributed by atoms with E-state index in [0.717, 1.165) is 31.0 Å². The lowest BCUT2D eigenvalue weighted by Gasteiger charge is -2.30. The summed E-state index contributed by atoms with van der Waals surface area (Å²) in [6.07, 6.45) is 3.70. The number of aliphatic imine (C=N–C) groups is 1. The van der Waals surface area contributed by atoms with Gasteiger partial charge in [0.2, 0.25) is 5.91 Å². The molecule has 1 fully saturated rings. The highest BCUT2D eigenvalue weighted by Gasteiger charge is 2.14. The number of hydrogen-bond acceptors (Lipinski definition) is 3. The quantitative estimate of drug-likeness (QED) is 0.303. The van der Waals surface area contributed by atoms with Gasteiger partial charge in [0.1, 0.15) is 6.54 Å². The molecule has 1 amide bonds. The fourth-order valence-corrected chi connectivity index (χ4v) is 2.49. The third-order valence-corrected chi connectivity index (χ3v) is 4.25. The van der Waals surface area contributed by atoms with Gasteiger partial charge in [-0.3, -0.25) is 4.79 Å². The zero-order valence-corrected chi connectivity index (χ0v) is 15.9. The van der Waals surface area contributed by atoms with E-state index in [2.05, 4.69) is 34.0 Å². The zero-order chi connectivity index (χ0) is 17.9. The van der Waals surface area contributed by atoms with E-state index >= 15 is 0 Å². The van der Waals surface area contributed by atoms with Crippen molar-refractivity contribution in [2.75, 3.05) is 53.4 Å². The van der Waals surface area contributed by atoms with Crippen LogP contribution < -0.4 is 10.6 Å². The highest BCUT2D eigenvalue weighted by Crippen LogP contribution is 2.15. The Labute approximate surface area is 147 Å². The highest BCUT2D eigenvalue weighted by atomic mass is 16.2. The number of amides is 1. The molecule has 0 unspecified atom stereocenters. The number of piperidine rings is 1. The van der Waals surface area contributed by atoms with Gasteiger partial charge in [-0.05, 0) is 51.7 Å². The maximum atomic E-state index is 11.7. The molecule has 0 aromatic heterocycles. The zero-order valence-electron chi connectivity index (χ0n) is 15.9. The van der Waals surface area contributed by atoms with Crippen LogP contribution in [0.25, 0.3) is 0 Å². The second-order valence-electron chi connectivity index (χ2n) is 7.07. The Hall–Kier alpha value is -1.56. The number of nitrogens with one attached hydrogen (secondary N) is 2. The first-order valence-corrected chi connectivity index (χ1v) is 8.97. The molecule has 1 aliphatic rings. The smallest absolute Gasteiger partial charge is 0.243 e. The lowest BCUT2D eigenvalue weighted by atomic mass is 9.99. The van der Waals surface area contributed by atoms with E-state index in [-0.39, 0.29) is 12.5 Å².